The predicted octanol–water partition coefficient (Wildman–Crippen LogP) is 0.299. The van der Waals surface area contributed by atoms with Crippen molar-refractivity contribution >= 4 is 16.0 Å². The molecule has 0 radical (unpaired) electrons. The molecule has 1 aliphatic rings. The minimum absolute atomic E-state index is 0.00560. The number of hydrogen-bond acceptors (Lipinski definition) is 6. The molecule has 20 heavy (non-hydrogen) atoms. The van der Waals surface area contributed by atoms with E-state index in [4.69, 9.17) is 9.47 Å². The van der Waals surface area contributed by atoms with Crippen LogP contribution in [0.3, 0.4) is 0 Å². The molecular formula is C12H15NO6S. The van der Waals surface area contributed by atoms with Gasteiger partial charge in [-0.2, -0.15) is 4.72 Å². The molecule has 1 aromatic rings. The third-order valence-corrected chi connectivity index (χ3v) is 3.93. The van der Waals surface area contributed by atoms with E-state index < -0.39 is 22.5 Å². The summed E-state index contributed by atoms with van der Waals surface area (Å²) >= 11 is 0. The highest BCUT2D eigenvalue weighted by molar-refractivity contribution is 7.89. The van der Waals surface area contributed by atoms with Crippen molar-refractivity contribution in [3.63, 3.8) is 0 Å². The van der Waals surface area contributed by atoms with Crippen molar-refractivity contribution in [2.75, 3.05) is 26.4 Å². The molecule has 1 N–H and O–H groups in total. The summed E-state index contributed by atoms with van der Waals surface area (Å²) in [6.07, 6.45) is 0. The monoisotopic (exact) mass is 301 g/mol. The van der Waals surface area contributed by atoms with Crippen LogP contribution in [0.5, 0.6) is 11.5 Å². The average Bonchev–Trinajstić information content (AvgIpc) is 2.45. The predicted molar refractivity (Wildman–Crippen MR) is 69.3 cm³/mol. The van der Waals surface area contributed by atoms with Crippen molar-refractivity contribution in [3.05, 3.63) is 18.2 Å². The number of ether oxygens (including phenoxy) is 3. The Hall–Kier alpha value is -1.80. The fraction of sp³-hybridized carbons (Fsp3) is 0.417. The molecule has 0 spiro atoms. The zero-order chi connectivity index (χ0) is 14.6. The highest BCUT2D eigenvalue weighted by Gasteiger charge is 2.20. The minimum atomic E-state index is -3.79. The van der Waals surface area contributed by atoms with E-state index in [1.54, 1.807) is 6.92 Å². The summed E-state index contributed by atoms with van der Waals surface area (Å²) in [5.41, 5.74) is 0. The lowest BCUT2D eigenvalue weighted by Crippen LogP contribution is -2.30. The van der Waals surface area contributed by atoms with Crippen molar-refractivity contribution in [2.45, 2.75) is 11.8 Å². The van der Waals surface area contributed by atoms with Crippen LogP contribution in [0, 0.1) is 0 Å². The van der Waals surface area contributed by atoms with Crippen molar-refractivity contribution in [1.29, 1.82) is 0 Å². The maximum atomic E-state index is 12.0. The van der Waals surface area contributed by atoms with Crippen LogP contribution in [0.25, 0.3) is 0 Å². The van der Waals surface area contributed by atoms with E-state index in [0.717, 1.165) is 0 Å². The molecular weight excluding hydrogens is 286 g/mol. The van der Waals surface area contributed by atoms with Gasteiger partial charge in [-0.1, -0.05) is 0 Å². The maximum Gasteiger partial charge on any atom is 0.321 e. The van der Waals surface area contributed by atoms with Gasteiger partial charge in [-0.25, -0.2) is 8.42 Å². The maximum absolute atomic E-state index is 12.0. The Bertz CT molecular complexity index is 598. The van der Waals surface area contributed by atoms with Gasteiger partial charge in [-0.15, -0.1) is 0 Å². The number of nitrogens with one attached hydrogen (secondary N) is 1. The Balaban J connectivity index is 2.11. The molecule has 2 rings (SSSR count). The van der Waals surface area contributed by atoms with Crippen molar-refractivity contribution in [1.82, 2.24) is 4.72 Å². The van der Waals surface area contributed by atoms with E-state index in [0.29, 0.717) is 24.7 Å². The van der Waals surface area contributed by atoms with E-state index in [1.807, 2.05) is 0 Å². The summed E-state index contributed by atoms with van der Waals surface area (Å²) in [7, 11) is -3.79. The van der Waals surface area contributed by atoms with Gasteiger partial charge in [0.2, 0.25) is 10.0 Å². The van der Waals surface area contributed by atoms with E-state index in [9.17, 15) is 13.2 Å². The fourth-order valence-corrected chi connectivity index (χ4v) is 2.62. The molecule has 7 nitrogen and oxygen atoms in total. The summed E-state index contributed by atoms with van der Waals surface area (Å²) < 4.78 is 41.5. The number of sulfonamides is 1. The minimum Gasteiger partial charge on any atom is -0.486 e. The smallest absolute Gasteiger partial charge is 0.321 e. The first-order valence-electron chi connectivity index (χ1n) is 6.08. The fourth-order valence-electron chi connectivity index (χ4n) is 1.64. The van der Waals surface area contributed by atoms with Gasteiger partial charge in [0.05, 0.1) is 11.5 Å². The number of rotatable bonds is 5. The third-order valence-electron chi connectivity index (χ3n) is 2.54. The summed E-state index contributed by atoms with van der Waals surface area (Å²) in [5, 5.41) is 0. The lowest BCUT2D eigenvalue weighted by Gasteiger charge is -2.18. The van der Waals surface area contributed by atoms with Crippen LogP contribution in [-0.4, -0.2) is 40.8 Å². The van der Waals surface area contributed by atoms with Gasteiger partial charge in [0.1, 0.15) is 19.8 Å². The second-order valence-corrected chi connectivity index (χ2v) is 5.70. The zero-order valence-corrected chi connectivity index (χ0v) is 11.7. The highest BCUT2D eigenvalue weighted by atomic mass is 32.2. The highest BCUT2D eigenvalue weighted by Crippen LogP contribution is 2.32. The second-order valence-electron chi connectivity index (χ2n) is 3.94. The van der Waals surface area contributed by atoms with Crippen LogP contribution in [0.2, 0.25) is 0 Å². The van der Waals surface area contributed by atoms with Crippen LogP contribution >= 0.6 is 0 Å². The average molecular weight is 301 g/mol. The van der Waals surface area contributed by atoms with Gasteiger partial charge in [0, 0.05) is 6.07 Å². The standard InChI is InChI=1S/C12H15NO6S/c1-2-17-12(14)8-13-20(15,16)9-3-4-10-11(7-9)19-6-5-18-10/h3-4,7,13H,2,5-6,8H2,1H3. The number of fused-ring (bicyclic) bond motifs is 1. The molecule has 0 saturated carbocycles. The normalized spacial score (nSPS) is 13.8. The first-order valence-corrected chi connectivity index (χ1v) is 7.56. The molecule has 0 bridgehead atoms. The first-order chi connectivity index (χ1) is 9.53. The second kappa shape index (κ2) is 6.10. The SMILES string of the molecule is CCOC(=O)CNS(=O)(=O)c1ccc2c(c1)OCCO2. The molecule has 8 heteroatoms. The summed E-state index contributed by atoms with van der Waals surface area (Å²) in [5.74, 6) is 0.240. The molecule has 0 unspecified atom stereocenters. The lowest BCUT2D eigenvalue weighted by atomic mass is 10.3. The van der Waals surface area contributed by atoms with E-state index in [1.165, 1.54) is 18.2 Å². The number of benzene rings is 1. The summed E-state index contributed by atoms with van der Waals surface area (Å²) in [6.45, 7) is 2.23. The Morgan fingerprint density at radius 1 is 1.30 bits per heavy atom. The van der Waals surface area contributed by atoms with E-state index in [-0.39, 0.29) is 11.5 Å². The van der Waals surface area contributed by atoms with Gasteiger partial charge in [-0.3, -0.25) is 4.79 Å². The number of carbonyl (C=O) groups is 1. The van der Waals surface area contributed by atoms with Gasteiger partial charge in [0.15, 0.2) is 11.5 Å². The van der Waals surface area contributed by atoms with Gasteiger partial charge in [0.25, 0.3) is 0 Å². The molecule has 0 atom stereocenters. The van der Waals surface area contributed by atoms with Gasteiger partial charge >= 0.3 is 5.97 Å². The molecule has 0 saturated heterocycles. The Kier molecular flexibility index (Phi) is 4.46. The molecule has 1 aromatic carbocycles. The Morgan fingerprint density at radius 3 is 2.70 bits per heavy atom. The van der Waals surface area contributed by atoms with Gasteiger partial charge < -0.3 is 14.2 Å². The van der Waals surface area contributed by atoms with Crippen molar-refractivity contribution < 1.29 is 27.4 Å². The summed E-state index contributed by atoms with van der Waals surface area (Å²) in [4.78, 5) is 11.2. The van der Waals surface area contributed by atoms with Crippen molar-refractivity contribution in [3.8, 4) is 11.5 Å². The lowest BCUT2D eigenvalue weighted by molar-refractivity contribution is -0.141. The van der Waals surface area contributed by atoms with Crippen LogP contribution in [0.4, 0.5) is 0 Å². The van der Waals surface area contributed by atoms with Crippen LogP contribution < -0.4 is 14.2 Å². The van der Waals surface area contributed by atoms with Crippen LogP contribution in [0.15, 0.2) is 23.1 Å². The summed E-state index contributed by atoms with van der Waals surface area (Å²) in [6, 6.07) is 4.27. The van der Waals surface area contributed by atoms with Gasteiger partial charge in [-0.05, 0) is 19.1 Å². The third kappa shape index (κ3) is 3.40. The molecule has 0 amide bonds. The number of esters is 1. The van der Waals surface area contributed by atoms with Crippen molar-refractivity contribution in [2.24, 2.45) is 0 Å². The molecule has 110 valence electrons. The largest absolute Gasteiger partial charge is 0.486 e. The zero-order valence-electron chi connectivity index (χ0n) is 10.9. The molecule has 0 aliphatic carbocycles. The first kappa shape index (κ1) is 14.6. The topological polar surface area (TPSA) is 90.9 Å². The van der Waals surface area contributed by atoms with Crippen LogP contribution in [-0.2, 0) is 19.6 Å². The van der Waals surface area contributed by atoms with E-state index in [2.05, 4.69) is 9.46 Å². The molecule has 0 fully saturated rings. The number of carbonyl (C=O) groups excluding carboxylic acids is 1. The number of hydrogen-bond donors (Lipinski definition) is 1. The molecule has 1 aliphatic heterocycles. The Morgan fingerprint density at radius 2 is 2.00 bits per heavy atom. The van der Waals surface area contributed by atoms with Crippen LogP contribution in [0.1, 0.15) is 6.92 Å². The van der Waals surface area contributed by atoms with E-state index >= 15 is 0 Å². The molecule has 1 heterocycles. The Labute approximate surface area is 116 Å². The molecule has 0 aromatic heterocycles. The quantitative estimate of drug-likeness (QED) is 0.787.